The van der Waals surface area contributed by atoms with Gasteiger partial charge in [-0.15, -0.1) is 0 Å². The minimum atomic E-state index is -0.609. The molecule has 2 amide bonds. The molecule has 0 saturated carbocycles. The smallest absolute Gasteiger partial charge is 0.410 e. The van der Waals surface area contributed by atoms with Gasteiger partial charge in [0, 0.05) is 74.9 Å². The Morgan fingerprint density at radius 2 is 1.81 bits per heavy atom. The molecule has 4 saturated heterocycles. The average molecular weight is 721 g/mol. The molecule has 4 fully saturated rings. The maximum atomic E-state index is 15.5. The van der Waals surface area contributed by atoms with E-state index >= 15 is 4.39 Å². The van der Waals surface area contributed by atoms with Crippen molar-refractivity contribution in [2.24, 2.45) is 11.3 Å². The summed E-state index contributed by atoms with van der Waals surface area (Å²) >= 11 is 0. The number of fused-ring (bicyclic) bond motifs is 1. The highest BCUT2D eigenvalue weighted by Crippen LogP contribution is 2.41. The van der Waals surface area contributed by atoms with Gasteiger partial charge in [0.05, 0.1) is 24.8 Å². The predicted octanol–water partition coefficient (Wildman–Crippen LogP) is 6.21. The molecule has 7 rings (SSSR count). The predicted molar refractivity (Wildman–Crippen MR) is 195 cm³/mol. The van der Waals surface area contributed by atoms with E-state index in [0.717, 1.165) is 64.2 Å². The second-order valence-corrected chi connectivity index (χ2v) is 17.1. The molecule has 1 aromatic carbocycles. The second kappa shape index (κ2) is 14.0. The molecule has 0 unspecified atom stereocenters. The number of hydrogen-bond acceptors (Lipinski definition) is 7. The Bertz CT molecular complexity index is 1820. The van der Waals surface area contributed by atoms with E-state index in [1.165, 1.54) is 12.1 Å². The van der Waals surface area contributed by atoms with Crippen LogP contribution in [0.2, 0.25) is 0 Å². The highest BCUT2D eigenvalue weighted by molar-refractivity contribution is 6.03. The van der Waals surface area contributed by atoms with E-state index < -0.39 is 17.4 Å². The molecule has 4 aliphatic heterocycles. The zero-order valence-electron chi connectivity index (χ0n) is 31.8. The molecule has 2 aromatic heterocycles. The molecule has 2 atom stereocenters. The molecule has 10 nitrogen and oxygen atoms in total. The first-order valence-electron chi connectivity index (χ1n) is 18.9. The van der Waals surface area contributed by atoms with Gasteiger partial charge in [0.1, 0.15) is 22.8 Å². The van der Waals surface area contributed by atoms with E-state index in [1.54, 1.807) is 22.3 Å². The Morgan fingerprint density at radius 3 is 2.48 bits per heavy atom. The molecule has 282 valence electrons. The highest BCUT2D eigenvalue weighted by Gasteiger charge is 2.53. The number of nitrogens with zero attached hydrogens (tertiary/aromatic N) is 6. The second-order valence-electron chi connectivity index (χ2n) is 17.1. The van der Waals surface area contributed by atoms with E-state index in [0.29, 0.717) is 54.2 Å². The van der Waals surface area contributed by atoms with Gasteiger partial charge in [0.15, 0.2) is 0 Å². The first-order valence-corrected chi connectivity index (χ1v) is 18.9. The van der Waals surface area contributed by atoms with Crippen LogP contribution in [-0.4, -0.2) is 124 Å². The van der Waals surface area contributed by atoms with Crippen molar-refractivity contribution in [1.82, 2.24) is 29.0 Å². The Kier molecular flexibility index (Phi) is 9.88. The fourth-order valence-corrected chi connectivity index (χ4v) is 8.81. The van der Waals surface area contributed by atoms with Crippen LogP contribution in [0.15, 0.2) is 30.5 Å². The third kappa shape index (κ3) is 7.18. The van der Waals surface area contributed by atoms with Gasteiger partial charge in [-0.2, -0.15) is 4.39 Å². The van der Waals surface area contributed by atoms with Crippen LogP contribution in [0, 0.1) is 30.0 Å². The van der Waals surface area contributed by atoms with E-state index in [4.69, 9.17) is 9.47 Å². The maximum Gasteiger partial charge on any atom is 0.410 e. The normalized spacial score (nSPS) is 21.7. The monoisotopic (exact) mass is 720 g/mol. The van der Waals surface area contributed by atoms with Gasteiger partial charge in [-0.3, -0.25) is 9.69 Å². The molecule has 1 spiro atoms. The molecule has 6 heterocycles. The van der Waals surface area contributed by atoms with Crippen molar-refractivity contribution in [2.45, 2.75) is 84.9 Å². The summed E-state index contributed by atoms with van der Waals surface area (Å²) in [7, 11) is 0. The number of aromatic nitrogens is 2. The van der Waals surface area contributed by atoms with Gasteiger partial charge in [-0.1, -0.05) is 19.9 Å². The average Bonchev–Trinajstić information content (AvgIpc) is 3.30. The number of amides is 2. The number of morpholine rings is 1. The van der Waals surface area contributed by atoms with Crippen LogP contribution >= 0.6 is 0 Å². The Morgan fingerprint density at radius 1 is 1.08 bits per heavy atom. The minimum Gasteiger partial charge on any atom is -0.444 e. The SMILES string of the molecule is Cc1nc(F)c2c(-c3ccc(F)cc3C(=O)N3CCOC[C@H]3C)cc(C3CN([C@H](CCCN4CC5(C4)CN(C(=O)OC(C)(C)C)C5)C(C)C)C3)cn12. The molecule has 3 aromatic rings. The first-order chi connectivity index (χ1) is 24.6. The Balaban J connectivity index is 1.01. The first kappa shape index (κ1) is 36.7. The van der Waals surface area contributed by atoms with Crippen molar-refractivity contribution >= 4 is 17.5 Å². The van der Waals surface area contributed by atoms with E-state index in [1.807, 2.05) is 44.9 Å². The number of pyridine rings is 1. The quantitative estimate of drug-likeness (QED) is 0.260. The molecular weight excluding hydrogens is 666 g/mol. The van der Waals surface area contributed by atoms with Crippen LogP contribution in [0.4, 0.5) is 13.6 Å². The molecular formula is C40H54F2N6O4. The zero-order chi connectivity index (χ0) is 37.1. The molecule has 52 heavy (non-hydrogen) atoms. The van der Waals surface area contributed by atoms with Crippen LogP contribution in [0.25, 0.3) is 16.6 Å². The number of rotatable bonds is 9. The lowest BCUT2D eigenvalue weighted by atomic mass is 9.73. The summed E-state index contributed by atoms with van der Waals surface area (Å²) < 4.78 is 43.1. The third-order valence-electron chi connectivity index (χ3n) is 11.4. The molecule has 12 heteroatoms. The van der Waals surface area contributed by atoms with Crippen molar-refractivity contribution in [3.8, 4) is 11.1 Å². The lowest BCUT2D eigenvalue weighted by molar-refractivity contribution is -0.113. The van der Waals surface area contributed by atoms with Crippen molar-refractivity contribution in [3.63, 3.8) is 0 Å². The van der Waals surface area contributed by atoms with Gasteiger partial charge in [-0.25, -0.2) is 14.2 Å². The lowest BCUT2D eigenvalue weighted by Crippen LogP contribution is -2.73. The van der Waals surface area contributed by atoms with Gasteiger partial charge in [-0.05, 0) is 89.2 Å². The summed E-state index contributed by atoms with van der Waals surface area (Å²) in [4.78, 5) is 39.0. The number of ether oxygens (including phenoxy) is 2. The van der Waals surface area contributed by atoms with E-state index in [2.05, 4.69) is 28.6 Å². The fourth-order valence-electron chi connectivity index (χ4n) is 8.81. The van der Waals surface area contributed by atoms with Crippen molar-refractivity contribution < 1.29 is 27.8 Å². The summed E-state index contributed by atoms with van der Waals surface area (Å²) in [5.41, 5.74) is 2.37. The number of likely N-dealkylation sites (tertiary alicyclic amines) is 3. The van der Waals surface area contributed by atoms with Gasteiger partial charge < -0.3 is 28.6 Å². The summed E-state index contributed by atoms with van der Waals surface area (Å²) in [6.45, 7) is 21.7. The van der Waals surface area contributed by atoms with Gasteiger partial charge >= 0.3 is 6.09 Å². The Labute approximate surface area is 306 Å². The number of carbonyl (C=O) groups excluding carboxylic acids is 2. The lowest BCUT2D eigenvalue weighted by Gasteiger charge is -2.60. The van der Waals surface area contributed by atoms with E-state index in [-0.39, 0.29) is 34.9 Å². The van der Waals surface area contributed by atoms with Crippen LogP contribution in [0.3, 0.4) is 0 Å². The molecule has 0 bridgehead atoms. The van der Waals surface area contributed by atoms with Crippen LogP contribution in [-0.2, 0) is 9.47 Å². The minimum absolute atomic E-state index is 0.158. The standard InChI is InChI=1S/C40H54F2N6O4/c1-25(2)34(9-8-12-44-21-40(22-44)23-46(24-40)38(50)52-39(5,6)7)45-17-29(18-45)28-15-32(35-36(42)43-27(4)48(35)19-28)31-11-10-30(41)16-33(31)37(49)47-13-14-51-20-26(47)3/h10-11,15-16,19,25-26,29,34H,8-9,12-14,17-18,20-24H2,1-7H3/t26-,34-/m1/s1. The number of benzene rings is 1. The van der Waals surface area contributed by atoms with Crippen molar-refractivity contribution in [3.05, 3.63) is 59.2 Å². The topological polar surface area (TPSA) is 82.9 Å². The molecule has 0 aliphatic carbocycles. The number of hydrogen-bond donors (Lipinski definition) is 0. The summed E-state index contributed by atoms with van der Waals surface area (Å²) in [6, 6.07) is 6.48. The number of halogens is 2. The largest absolute Gasteiger partial charge is 0.444 e. The van der Waals surface area contributed by atoms with E-state index in [9.17, 15) is 14.0 Å². The summed E-state index contributed by atoms with van der Waals surface area (Å²) in [5.74, 6) is -0.158. The zero-order valence-corrected chi connectivity index (χ0v) is 31.8. The molecule has 0 N–H and O–H groups in total. The van der Waals surface area contributed by atoms with Crippen LogP contribution < -0.4 is 0 Å². The van der Waals surface area contributed by atoms with Crippen LogP contribution in [0.1, 0.15) is 82.0 Å². The van der Waals surface area contributed by atoms with Crippen molar-refractivity contribution in [2.75, 3.05) is 65.6 Å². The van der Waals surface area contributed by atoms with Gasteiger partial charge in [0.25, 0.3) is 5.91 Å². The molecule has 4 aliphatic rings. The van der Waals surface area contributed by atoms with Crippen LogP contribution in [0.5, 0.6) is 0 Å². The molecule has 0 radical (unpaired) electrons. The fraction of sp³-hybridized carbons (Fsp3) is 0.625. The Hall–Kier alpha value is -3.61. The van der Waals surface area contributed by atoms with Crippen molar-refractivity contribution in [1.29, 1.82) is 0 Å². The summed E-state index contributed by atoms with van der Waals surface area (Å²) in [6.07, 6.45) is 3.99. The maximum absolute atomic E-state index is 15.5. The number of aryl methyl sites for hydroxylation is 1. The summed E-state index contributed by atoms with van der Waals surface area (Å²) in [5, 5.41) is 0. The van der Waals surface area contributed by atoms with Gasteiger partial charge in [0.2, 0.25) is 5.95 Å². The highest BCUT2D eigenvalue weighted by atomic mass is 19.1. The number of carbonyl (C=O) groups is 2. The third-order valence-corrected chi connectivity index (χ3v) is 11.4. The number of imidazole rings is 1.